The fourth-order valence-corrected chi connectivity index (χ4v) is 2.39. The molecule has 5 heteroatoms. The van der Waals surface area contributed by atoms with Crippen molar-refractivity contribution in [2.75, 3.05) is 6.61 Å². The summed E-state index contributed by atoms with van der Waals surface area (Å²) in [6.45, 7) is 1.80. The highest BCUT2D eigenvalue weighted by Gasteiger charge is 2.35. The monoisotopic (exact) mass is 256 g/mol. The van der Waals surface area contributed by atoms with Gasteiger partial charge in [0.25, 0.3) is 0 Å². The molecule has 5 nitrogen and oxygen atoms in total. The second kappa shape index (κ2) is 7.13. The summed E-state index contributed by atoms with van der Waals surface area (Å²) < 4.78 is 4.79. The Morgan fingerprint density at radius 1 is 1.22 bits per heavy atom. The van der Waals surface area contributed by atoms with Crippen LogP contribution in [-0.4, -0.2) is 29.4 Å². The van der Waals surface area contributed by atoms with Gasteiger partial charge in [-0.2, -0.15) is 0 Å². The normalized spacial score (nSPS) is 18.1. The van der Waals surface area contributed by atoms with Crippen molar-refractivity contribution in [3.63, 3.8) is 0 Å². The highest BCUT2D eigenvalue weighted by Crippen LogP contribution is 2.28. The molecule has 0 saturated heterocycles. The summed E-state index contributed by atoms with van der Waals surface area (Å²) >= 11 is 0. The average Bonchev–Trinajstić information content (AvgIpc) is 2.36. The number of rotatable bonds is 6. The van der Waals surface area contributed by atoms with Crippen LogP contribution in [0.15, 0.2) is 0 Å². The van der Waals surface area contributed by atoms with Crippen LogP contribution in [0.4, 0.5) is 0 Å². The average molecular weight is 256 g/mol. The van der Waals surface area contributed by atoms with E-state index in [9.17, 15) is 14.4 Å². The van der Waals surface area contributed by atoms with E-state index in [1.165, 1.54) is 0 Å². The van der Waals surface area contributed by atoms with E-state index in [2.05, 4.69) is 0 Å². The van der Waals surface area contributed by atoms with Crippen molar-refractivity contribution in [2.24, 2.45) is 11.8 Å². The lowest BCUT2D eigenvalue weighted by molar-refractivity contribution is -0.157. The summed E-state index contributed by atoms with van der Waals surface area (Å²) in [7, 11) is 0. The molecule has 0 spiro atoms. The van der Waals surface area contributed by atoms with Gasteiger partial charge in [-0.3, -0.25) is 14.4 Å². The van der Waals surface area contributed by atoms with Crippen molar-refractivity contribution in [3.05, 3.63) is 0 Å². The minimum Gasteiger partial charge on any atom is -0.481 e. The van der Waals surface area contributed by atoms with Crippen molar-refractivity contribution in [1.29, 1.82) is 0 Å². The molecule has 1 aliphatic rings. The molecule has 1 aliphatic carbocycles. The van der Waals surface area contributed by atoms with Crippen LogP contribution in [0.3, 0.4) is 0 Å². The lowest BCUT2D eigenvalue weighted by Crippen LogP contribution is -2.34. The van der Waals surface area contributed by atoms with Gasteiger partial charge in [0.1, 0.15) is 5.92 Å². The van der Waals surface area contributed by atoms with E-state index in [-0.39, 0.29) is 18.3 Å². The third-order valence-corrected chi connectivity index (χ3v) is 3.30. The Morgan fingerprint density at radius 2 is 1.83 bits per heavy atom. The van der Waals surface area contributed by atoms with Crippen LogP contribution in [0, 0.1) is 11.8 Å². The molecule has 0 amide bonds. The minimum atomic E-state index is -1.14. The second-order valence-electron chi connectivity index (χ2n) is 4.64. The number of ether oxygens (including phenoxy) is 1. The Bertz CT molecular complexity index is 317. The fraction of sp³-hybridized carbons (Fsp3) is 0.769. The number of carboxylic acid groups (broad SMARTS) is 1. The quantitative estimate of drug-likeness (QED) is 0.579. The van der Waals surface area contributed by atoms with Crippen LogP contribution in [0.25, 0.3) is 0 Å². The van der Waals surface area contributed by atoms with E-state index in [4.69, 9.17) is 9.84 Å². The Balaban J connectivity index is 2.70. The molecule has 0 aromatic carbocycles. The maximum Gasteiger partial charge on any atom is 0.317 e. The number of esters is 1. The molecule has 0 aromatic rings. The van der Waals surface area contributed by atoms with E-state index < -0.39 is 24.3 Å². The molecule has 1 fully saturated rings. The second-order valence-corrected chi connectivity index (χ2v) is 4.64. The standard InChI is InChI=1S/C13H20O5/c1-2-18-13(17)10(8-11(14)15)12(16)9-6-4-3-5-7-9/h9-10H,2-8H2,1H3,(H,14,15). The first-order valence-corrected chi connectivity index (χ1v) is 6.48. The molecule has 0 bridgehead atoms. The Kier molecular flexibility index (Phi) is 5.82. The number of aliphatic carboxylic acids is 1. The Morgan fingerprint density at radius 3 is 2.33 bits per heavy atom. The first-order valence-electron chi connectivity index (χ1n) is 6.48. The predicted molar refractivity (Wildman–Crippen MR) is 64.0 cm³/mol. The fourth-order valence-electron chi connectivity index (χ4n) is 2.39. The predicted octanol–water partition coefficient (Wildman–Crippen LogP) is 1.79. The number of Topliss-reactive ketones (excluding diaryl/α,β-unsaturated/α-hetero) is 1. The molecule has 0 radical (unpaired) electrons. The van der Waals surface area contributed by atoms with E-state index in [1.54, 1.807) is 6.92 Å². The van der Waals surface area contributed by atoms with Crippen LogP contribution in [0.2, 0.25) is 0 Å². The van der Waals surface area contributed by atoms with Gasteiger partial charge >= 0.3 is 11.9 Å². The van der Waals surface area contributed by atoms with E-state index >= 15 is 0 Å². The van der Waals surface area contributed by atoms with Gasteiger partial charge in [0.05, 0.1) is 13.0 Å². The van der Waals surface area contributed by atoms with Crippen LogP contribution < -0.4 is 0 Å². The summed E-state index contributed by atoms with van der Waals surface area (Å²) in [6, 6.07) is 0. The zero-order chi connectivity index (χ0) is 13.5. The summed E-state index contributed by atoms with van der Waals surface area (Å²) in [5.74, 6) is -3.40. The number of hydrogen-bond acceptors (Lipinski definition) is 4. The molecule has 1 N–H and O–H groups in total. The Labute approximate surface area is 107 Å². The van der Waals surface area contributed by atoms with E-state index in [0.29, 0.717) is 0 Å². The molecule has 1 saturated carbocycles. The van der Waals surface area contributed by atoms with Gasteiger partial charge in [-0.15, -0.1) is 0 Å². The summed E-state index contributed by atoms with van der Waals surface area (Å²) in [5.41, 5.74) is 0. The molecule has 1 atom stereocenters. The van der Waals surface area contributed by atoms with Crippen molar-refractivity contribution in [1.82, 2.24) is 0 Å². The molecule has 1 unspecified atom stereocenters. The van der Waals surface area contributed by atoms with Crippen LogP contribution in [-0.2, 0) is 19.1 Å². The number of hydrogen-bond donors (Lipinski definition) is 1. The van der Waals surface area contributed by atoms with Crippen molar-refractivity contribution < 1.29 is 24.2 Å². The van der Waals surface area contributed by atoms with Gasteiger partial charge in [0.15, 0.2) is 5.78 Å². The van der Waals surface area contributed by atoms with E-state index in [0.717, 1.165) is 32.1 Å². The van der Waals surface area contributed by atoms with E-state index in [1.807, 2.05) is 0 Å². The van der Waals surface area contributed by atoms with Crippen LogP contribution >= 0.6 is 0 Å². The molecular weight excluding hydrogens is 236 g/mol. The molecular formula is C13H20O5. The number of carbonyl (C=O) groups is 3. The maximum absolute atomic E-state index is 12.2. The van der Waals surface area contributed by atoms with Crippen molar-refractivity contribution in [3.8, 4) is 0 Å². The topological polar surface area (TPSA) is 80.7 Å². The zero-order valence-corrected chi connectivity index (χ0v) is 10.7. The van der Waals surface area contributed by atoms with Gasteiger partial charge in [-0.1, -0.05) is 19.3 Å². The summed E-state index contributed by atoms with van der Waals surface area (Å²) in [6.07, 6.45) is 4.10. The molecule has 0 aliphatic heterocycles. The largest absolute Gasteiger partial charge is 0.481 e. The number of carboxylic acids is 1. The van der Waals surface area contributed by atoms with Gasteiger partial charge in [0, 0.05) is 5.92 Å². The van der Waals surface area contributed by atoms with Crippen molar-refractivity contribution >= 4 is 17.7 Å². The smallest absolute Gasteiger partial charge is 0.317 e. The first kappa shape index (κ1) is 14.7. The lowest BCUT2D eigenvalue weighted by Gasteiger charge is -2.23. The van der Waals surface area contributed by atoms with Gasteiger partial charge in [-0.05, 0) is 19.8 Å². The lowest BCUT2D eigenvalue weighted by atomic mass is 9.80. The summed E-state index contributed by atoms with van der Waals surface area (Å²) in [5, 5.41) is 8.79. The van der Waals surface area contributed by atoms with Gasteiger partial charge in [0.2, 0.25) is 0 Å². The molecule has 102 valence electrons. The maximum atomic E-state index is 12.2. The highest BCUT2D eigenvalue weighted by molar-refractivity contribution is 6.02. The Hall–Kier alpha value is -1.39. The molecule has 1 rings (SSSR count). The molecule has 0 aromatic heterocycles. The molecule has 0 heterocycles. The van der Waals surface area contributed by atoms with Gasteiger partial charge < -0.3 is 9.84 Å². The van der Waals surface area contributed by atoms with Gasteiger partial charge in [-0.25, -0.2) is 0 Å². The van der Waals surface area contributed by atoms with Crippen molar-refractivity contribution in [2.45, 2.75) is 45.4 Å². The number of ketones is 1. The summed E-state index contributed by atoms with van der Waals surface area (Å²) in [4.78, 5) is 34.6. The molecule has 18 heavy (non-hydrogen) atoms. The highest BCUT2D eigenvalue weighted by atomic mass is 16.5. The third-order valence-electron chi connectivity index (χ3n) is 3.30. The van der Waals surface area contributed by atoms with Crippen LogP contribution in [0.5, 0.6) is 0 Å². The van der Waals surface area contributed by atoms with Crippen LogP contribution in [0.1, 0.15) is 45.4 Å². The SMILES string of the molecule is CCOC(=O)C(CC(=O)O)C(=O)C1CCCCC1. The zero-order valence-electron chi connectivity index (χ0n) is 10.7. The third kappa shape index (κ3) is 4.13. The number of carbonyl (C=O) groups excluding carboxylic acids is 2. The first-order chi connectivity index (χ1) is 8.56. The minimum absolute atomic E-state index is 0.160.